The van der Waals surface area contributed by atoms with Crippen molar-refractivity contribution in [3.05, 3.63) is 58.6 Å². The number of alkyl halides is 1. The molecule has 6 heteroatoms. The van der Waals surface area contributed by atoms with E-state index in [0.717, 1.165) is 10.0 Å². The number of amides is 1. The molecule has 0 aliphatic heterocycles. The molecule has 1 amide bonds. The Hall–Kier alpha value is -2.03. The van der Waals surface area contributed by atoms with Crippen molar-refractivity contribution in [3.8, 4) is 11.8 Å². The highest BCUT2D eigenvalue weighted by molar-refractivity contribution is 9.10. The summed E-state index contributed by atoms with van der Waals surface area (Å²) in [6, 6.07) is 15.8. The molecule has 1 atom stereocenters. The average molecular weight is 408 g/mol. The number of nitrogens with zero attached hydrogens (tertiary/aromatic N) is 2. The molecule has 2 aromatic rings. The SMILES string of the molecule is COc1ccc(N(C(=O)CCCl)[C@@H](C#N)c2ccc(Br)cc2)cc1. The molecule has 0 unspecified atom stereocenters. The van der Waals surface area contributed by atoms with E-state index in [1.165, 1.54) is 4.90 Å². The predicted octanol–water partition coefficient (Wildman–Crippen LogP) is 4.68. The number of nitriles is 1. The molecule has 4 nitrogen and oxygen atoms in total. The molecular weight excluding hydrogens is 392 g/mol. The molecule has 0 spiro atoms. The number of carbonyl (C=O) groups is 1. The predicted molar refractivity (Wildman–Crippen MR) is 98.3 cm³/mol. The Labute approximate surface area is 154 Å². The van der Waals surface area contributed by atoms with Crippen LogP contribution in [0.4, 0.5) is 5.69 Å². The van der Waals surface area contributed by atoms with E-state index >= 15 is 0 Å². The molecule has 0 saturated heterocycles. The molecule has 0 aliphatic carbocycles. The molecule has 0 saturated carbocycles. The second-order valence-electron chi connectivity index (χ2n) is 4.98. The molecule has 0 radical (unpaired) electrons. The minimum atomic E-state index is -0.734. The Morgan fingerprint density at radius 2 is 1.88 bits per heavy atom. The Morgan fingerprint density at radius 3 is 2.38 bits per heavy atom. The van der Waals surface area contributed by atoms with Gasteiger partial charge in [0.05, 0.1) is 13.2 Å². The zero-order chi connectivity index (χ0) is 17.5. The fourth-order valence-electron chi connectivity index (χ4n) is 2.31. The Kier molecular flexibility index (Phi) is 6.65. The summed E-state index contributed by atoms with van der Waals surface area (Å²) in [7, 11) is 1.57. The first kappa shape index (κ1) is 18.3. The van der Waals surface area contributed by atoms with Crippen LogP contribution in [0.1, 0.15) is 18.0 Å². The van der Waals surface area contributed by atoms with Crippen molar-refractivity contribution in [2.75, 3.05) is 17.9 Å². The normalized spacial score (nSPS) is 11.4. The number of halogens is 2. The fourth-order valence-corrected chi connectivity index (χ4v) is 2.73. The lowest BCUT2D eigenvalue weighted by atomic mass is 10.0. The van der Waals surface area contributed by atoms with Crippen LogP contribution in [0.5, 0.6) is 5.75 Å². The van der Waals surface area contributed by atoms with Crippen LogP contribution in [0.2, 0.25) is 0 Å². The highest BCUT2D eigenvalue weighted by Gasteiger charge is 2.26. The zero-order valence-corrected chi connectivity index (χ0v) is 15.4. The lowest BCUT2D eigenvalue weighted by Gasteiger charge is -2.28. The number of benzene rings is 2. The number of hydrogen-bond donors (Lipinski definition) is 0. The van der Waals surface area contributed by atoms with Gasteiger partial charge in [-0.1, -0.05) is 28.1 Å². The van der Waals surface area contributed by atoms with Gasteiger partial charge in [-0.2, -0.15) is 5.26 Å². The molecule has 2 aromatic carbocycles. The molecule has 124 valence electrons. The molecule has 0 heterocycles. The number of rotatable bonds is 6. The van der Waals surface area contributed by atoms with E-state index in [9.17, 15) is 10.1 Å². The largest absolute Gasteiger partial charge is 0.497 e. The summed E-state index contributed by atoms with van der Waals surface area (Å²) in [5.41, 5.74) is 1.36. The van der Waals surface area contributed by atoms with Crippen molar-refractivity contribution in [2.24, 2.45) is 0 Å². The second kappa shape index (κ2) is 8.72. The van der Waals surface area contributed by atoms with E-state index < -0.39 is 6.04 Å². The van der Waals surface area contributed by atoms with E-state index in [4.69, 9.17) is 16.3 Å². The maximum Gasteiger partial charge on any atom is 0.229 e. The van der Waals surface area contributed by atoms with Gasteiger partial charge >= 0.3 is 0 Å². The van der Waals surface area contributed by atoms with Crippen LogP contribution in [-0.4, -0.2) is 18.9 Å². The van der Waals surface area contributed by atoms with Crippen molar-refractivity contribution in [1.29, 1.82) is 5.26 Å². The van der Waals surface area contributed by atoms with Crippen molar-refractivity contribution in [2.45, 2.75) is 12.5 Å². The van der Waals surface area contributed by atoms with E-state index in [1.807, 2.05) is 24.3 Å². The van der Waals surface area contributed by atoms with Crippen molar-refractivity contribution in [3.63, 3.8) is 0 Å². The monoisotopic (exact) mass is 406 g/mol. The van der Waals surface area contributed by atoms with Crippen LogP contribution >= 0.6 is 27.5 Å². The van der Waals surface area contributed by atoms with Crippen LogP contribution in [0, 0.1) is 11.3 Å². The molecule has 24 heavy (non-hydrogen) atoms. The number of hydrogen-bond acceptors (Lipinski definition) is 3. The topological polar surface area (TPSA) is 53.3 Å². The summed E-state index contributed by atoms with van der Waals surface area (Å²) in [4.78, 5) is 14.1. The maximum absolute atomic E-state index is 12.6. The Morgan fingerprint density at radius 1 is 1.25 bits per heavy atom. The zero-order valence-electron chi connectivity index (χ0n) is 13.1. The van der Waals surface area contributed by atoms with E-state index in [0.29, 0.717) is 11.4 Å². The number of methoxy groups -OCH3 is 1. The van der Waals surface area contributed by atoms with Gasteiger partial charge < -0.3 is 4.74 Å². The summed E-state index contributed by atoms with van der Waals surface area (Å²) in [6.07, 6.45) is 0.155. The van der Waals surface area contributed by atoms with Gasteiger partial charge in [-0.25, -0.2) is 0 Å². The van der Waals surface area contributed by atoms with Crippen LogP contribution in [-0.2, 0) is 4.79 Å². The summed E-state index contributed by atoms with van der Waals surface area (Å²) in [5.74, 6) is 0.675. The van der Waals surface area contributed by atoms with Gasteiger partial charge in [0.2, 0.25) is 5.91 Å². The van der Waals surface area contributed by atoms with Crippen molar-refractivity contribution >= 4 is 39.1 Å². The van der Waals surface area contributed by atoms with Crippen LogP contribution in [0.3, 0.4) is 0 Å². The fraction of sp³-hybridized carbons (Fsp3) is 0.222. The van der Waals surface area contributed by atoms with Crippen LogP contribution < -0.4 is 9.64 Å². The standard InChI is InChI=1S/C18H16BrClN2O2/c1-24-16-8-6-15(7-9-16)22(18(23)10-11-20)17(12-21)13-2-4-14(19)5-3-13/h2-9,17H,10-11H2,1H3/t17-/m0/s1. The number of ether oxygens (including phenoxy) is 1. The number of anilines is 1. The van der Waals surface area contributed by atoms with E-state index in [1.54, 1.807) is 31.4 Å². The minimum Gasteiger partial charge on any atom is -0.497 e. The highest BCUT2D eigenvalue weighted by atomic mass is 79.9. The first-order valence-corrected chi connectivity index (χ1v) is 8.60. The van der Waals surface area contributed by atoms with Gasteiger partial charge in [0.1, 0.15) is 11.8 Å². The molecule has 0 bridgehead atoms. The Balaban J connectivity index is 2.45. The molecule has 2 rings (SSSR count). The third kappa shape index (κ3) is 4.28. The van der Waals surface area contributed by atoms with Gasteiger partial charge in [-0.05, 0) is 42.0 Å². The molecule has 0 N–H and O–H groups in total. The van der Waals surface area contributed by atoms with Crippen LogP contribution in [0.15, 0.2) is 53.0 Å². The molecule has 0 aromatic heterocycles. The summed E-state index contributed by atoms with van der Waals surface area (Å²) in [6.45, 7) is 0. The second-order valence-corrected chi connectivity index (χ2v) is 6.28. The maximum atomic E-state index is 12.6. The Bertz CT molecular complexity index is 726. The van der Waals surface area contributed by atoms with Crippen molar-refractivity contribution in [1.82, 2.24) is 0 Å². The quantitative estimate of drug-likeness (QED) is 0.653. The van der Waals surface area contributed by atoms with Gasteiger partial charge in [-0.3, -0.25) is 9.69 Å². The number of carbonyl (C=O) groups excluding carboxylic acids is 1. The van der Waals surface area contributed by atoms with Crippen LogP contribution in [0.25, 0.3) is 0 Å². The lowest BCUT2D eigenvalue weighted by molar-refractivity contribution is -0.118. The van der Waals surface area contributed by atoms with Gasteiger partial charge in [0, 0.05) is 22.5 Å². The van der Waals surface area contributed by atoms with Gasteiger partial charge in [-0.15, -0.1) is 11.6 Å². The third-order valence-electron chi connectivity index (χ3n) is 3.49. The summed E-state index contributed by atoms with van der Waals surface area (Å²) in [5, 5.41) is 9.69. The molecular formula is C18H16BrClN2O2. The first-order valence-electron chi connectivity index (χ1n) is 7.28. The smallest absolute Gasteiger partial charge is 0.229 e. The van der Waals surface area contributed by atoms with E-state index in [-0.39, 0.29) is 18.2 Å². The summed E-state index contributed by atoms with van der Waals surface area (Å²) < 4.78 is 6.06. The molecule has 0 fully saturated rings. The van der Waals surface area contributed by atoms with Crippen molar-refractivity contribution < 1.29 is 9.53 Å². The third-order valence-corrected chi connectivity index (χ3v) is 4.21. The average Bonchev–Trinajstić information content (AvgIpc) is 2.61. The van der Waals surface area contributed by atoms with E-state index in [2.05, 4.69) is 22.0 Å². The van der Waals surface area contributed by atoms with Gasteiger partial charge in [0.15, 0.2) is 0 Å². The molecule has 0 aliphatic rings. The highest BCUT2D eigenvalue weighted by Crippen LogP contribution is 2.30. The lowest BCUT2D eigenvalue weighted by Crippen LogP contribution is -2.34. The first-order chi connectivity index (χ1) is 11.6. The minimum absolute atomic E-state index is 0.155. The summed E-state index contributed by atoms with van der Waals surface area (Å²) >= 11 is 9.11. The van der Waals surface area contributed by atoms with Gasteiger partial charge in [0.25, 0.3) is 0 Å².